The lowest BCUT2D eigenvalue weighted by Gasteiger charge is -1.98. The van der Waals surface area contributed by atoms with Crippen molar-refractivity contribution in [2.24, 2.45) is 0 Å². The van der Waals surface area contributed by atoms with E-state index in [1.807, 2.05) is 30.3 Å². The summed E-state index contributed by atoms with van der Waals surface area (Å²) in [6.07, 6.45) is 2.14. The van der Waals surface area contributed by atoms with Crippen molar-refractivity contribution in [1.29, 1.82) is 0 Å². The lowest BCUT2D eigenvalue weighted by atomic mass is 10.1. The molecule has 0 aliphatic carbocycles. The fraction of sp³-hybridized carbons (Fsp3) is 0.143. The first-order valence-electron chi connectivity index (χ1n) is 5.73. The zero-order chi connectivity index (χ0) is 13.0. The number of aromatic nitrogens is 1. The fourth-order valence-electron chi connectivity index (χ4n) is 1.62. The third kappa shape index (κ3) is 2.65. The molecule has 2 rings (SSSR count). The molecular formula is C14H14N2OS. The molecule has 1 aromatic carbocycles. The summed E-state index contributed by atoms with van der Waals surface area (Å²) >= 11 is 1.51. The molecule has 92 valence electrons. The molecule has 0 bridgehead atoms. The predicted molar refractivity (Wildman–Crippen MR) is 75.8 cm³/mol. The highest BCUT2D eigenvalue weighted by atomic mass is 32.1. The average molecular weight is 258 g/mol. The summed E-state index contributed by atoms with van der Waals surface area (Å²) in [6, 6.07) is 9.98. The van der Waals surface area contributed by atoms with Crippen LogP contribution in [0.3, 0.4) is 0 Å². The summed E-state index contributed by atoms with van der Waals surface area (Å²) < 4.78 is 0. The Hall–Kier alpha value is -1.94. The highest BCUT2D eigenvalue weighted by Crippen LogP contribution is 2.31. The number of anilines is 1. The number of benzene rings is 1. The van der Waals surface area contributed by atoms with Crippen molar-refractivity contribution in [3.05, 3.63) is 47.9 Å². The van der Waals surface area contributed by atoms with Crippen LogP contribution in [0.2, 0.25) is 0 Å². The van der Waals surface area contributed by atoms with Crippen molar-refractivity contribution in [1.82, 2.24) is 4.98 Å². The third-order valence-electron chi connectivity index (χ3n) is 2.48. The monoisotopic (exact) mass is 258 g/mol. The average Bonchev–Trinajstić information content (AvgIpc) is 2.82. The van der Waals surface area contributed by atoms with Gasteiger partial charge < -0.3 is 0 Å². The number of rotatable bonds is 4. The van der Waals surface area contributed by atoms with Crippen LogP contribution >= 0.6 is 11.3 Å². The lowest BCUT2D eigenvalue weighted by Crippen LogP contribution is -2.06. The minimum atomic E-state index is -0.231. The van der Waals surface area contributed by atoms with Gasteiger partial charge in [0.05, 0.1) is 5.69 Å². The van der Waals surface area contributed by atoms with Gasteiger partial charge in [-0.05, 0) is 12.5 Å². The molecule has 0 unspecified atom stereocenters. The largest absolute Gasteiger partial charge is 0.298 e. The molecule has 3 nitrogen and oxygen atoms in total. The van der Waals surface area contributed by atoms with Crippen molar-refractivity contribution in [3.63, 3.8) is 0 Å². The zero-order valence-electron chi connectivity index (χ0n) is 10.1. The first-order chi connectivity index (χ1) is 8.74. The van der Waals surface area contributed by atoms with Crippen LogP contribution in [0.25, 0.3) is 11.3 Å². The summed E-state index contributed by atoms with van der Waals surface area (Å²) in [7, 11) is 0. The first kappa shape index (κ1) is 12.5. The van der Waals surface area contributed by atoms with Crippen LogP contribution < -0.4 is 5.32 Å². The number of hydrogen-bond acceptors (Lipinski definition) is 3. The maximum absolute atomic E-state index is 11.3. The molecule has 0 saturated heterocycles. The molecule has 4 heteroatoms. The van der Waals surface area contributed by atoms with Gasteiger partial charge in [-0.3, -0.25) is 10.1 Å². The summed E-state index contributed by atoms with van der Waals surface area (Å²) in [4.78, 5) is 16.9. The van der Waals surface area contributed by atoms with E-state index in [4.69, 9.17) is 0 Å². The van der Waals surface area contributed by atoms with Crippen molar-refractivity contribution in [2.45, 2.75) is 13.3 Å². The highest BCUT2D eigenvalue weighted by molar-refractivity contribution is 7.16. The van der Waals surface area contributed by atoms with Crippen LogP contribution in [0.4, 0.5) is 5.13 Å². The van der Waals surface area contributed by atoms with Crippen molar-refractivity contribution in [3.8, 4) is 11.3 Å². The Labute approximate surface area is 110 Å². The molecule has 1 aromatic heterocycles. The van der Waals surface area contributed by atoms with Crippen LogP contribution in [0.1, 0.15) is 11.8 Å². The van der Waals surface area contributed by atoms with Gasteiger partial charge in [0.1, 0.15) is 0 Å². The molecule has 0 spiro atoms. The van der Waals surface area contributed by atoms with Gasteiger partial charge in [0.2, 0.25) is 5.91 Å². The lowest BCUT2D eigenvalue weighted by molar-refractivity contribution is -0.111. The topological polar surface area (TPSA) is 42.0 Å². The van der Waals surface area contributed by atoms with Crippen molar-refractivity contribution in [2.75, 3.05) is 5.32 Å². The molecule has 18 heavy (non-hydrogen) atoms. The van der Waals surface area contributed by atoms with Crippen LogP contribution in [0.15, 0.2) is 43.0 Å². The molecule has 0 radical (unpaired) electrons. The number of amides is 1. The van der Waals surface area contributed by atoms with Crippen molar-refractivity contribution < 1.29 is 4.79 Å². The molecule has 1 amide bonds. The molecule has 0 fully saturated rings. The molecule has 0 aliphatic rings. The second-order valence-corrected chi connectivity index (χ2v) is 4.79. The molecule has 1 heterocycles. The van der Waals surface area contributed by atoms with E-state index in [2.05, 4.69) is 23.8 Å². The Morgan fingerprint density at radius 2 is 2.17 bits per heavy atom. The quantitative estimate of drug-likeness (QED) is 0.853. The zero-order valence-corrected chi connectivity index (χ0v) is 11.0. The maximum atomic E-state index is 11.3. The number of thiazole rings is 1. The third-order valence-corrected chi connectivity index (χ3v) is 3.60. The van der Waals surface area contributed by atoms with Gasteiger partial charge in [-0.25, -0.2) is 4.98 Å². The SMILES string of the molecule is C=CC(=O)Nc1nc(-c2ccccc2)c(CC)s1. The smallest absolute Gasteiger partial charge is 0.249 e. The number of carbonyl (C=O) groups is 1. The molecule has 0 saturated carbocycles. The minimum Gasteiger partial charge on any atom is -0.298 e. The van der Waals surface area contributed by atoms with Gasteiger partial charge in [-0.1, -0.05) is 43.8 Å². The Morgan fingerprint density at radius 1 is 1.44 bits per heavy atom. The second-order valence-electron chi connectivity index (χ2n) is 3.70. The van der Waals surface area contributed by atoms with Gasteiger partial charge >= 0.3 is 0 Å². The number of nitrogens with zero attached hydrogens (tertiary/aromatic N) is 1. The van der Waals surface area contributed by atoms with Crippen LogP contribution in [-0.2, 0) is 11.2 Å². The number of aryl methyl sites for hydroxylation is 1. The Kier molecular flexibility index (Phi) is 3.89. The normalized spacial score (nSPS) is 10.1. The second kappa shape index (κ2) is 5.60. The standard InChI is InChI=1S/C14H14N2OS/c1-3-11-13(10-8-6-5-7-9-10)16-14(18-11)15-12(17)4-2/h4-9H,2-3H2,1H3,(H,15,16,17). The molecule has 0 aliphatic heterocycles. The van der Waals surface area contributed by atoms with Gasteiger partial charge in [-0.15, -0.1) is 11.3 Å². The van der Waals surface area contributed by atoms with Gasteiger partial charge in [0, 0.05) is 10.4 Å². The summed E-state index contributed by atoms with van der Waals surface area (Å²) in [6.45, 7) is 5.51. The molecule has 2 aromatic rings. The first-order valence-corrected chi connectivity index (χ1v) is 6.54. The van der Waals surface area contributed by atoms with E-state index in [1.54, 1.807) is 0 Å². The van der Waals surface area contributed by atoms with Crippen LogP contribution in [0.5, 0.6) is 0 Å². The van der Waals surface area contributed by atoms with Crippen LogP contribution in [-0.4, -0.2) is 10.9 Å². The molecular weight excluding hydrogens is 244 g/mol. The Morgan fingerprint density at radius 3 is 2.78 bits per heavy atom. The number of hydrogen-bond donors (Lipinski definition) is 1. The molecule has 0 atom stereocenters. The van der Waals surface area contributed by atoms with Crippen molar-refractivity contribution >= 4 is 22.4 Å². The predicted octanol–water partition coefficient (Wildman–Crippen LogP) is 3.50. The highest BCUT2D eigenvalue weighted by Gasteiger charge is 2.12. The fourth-order valence-corrected chi connectivity index (χ4v) is 2.55. The number of carbonyl (C=O) groups excluding carboxylic acids is 1. The van der Waals surface area contributed by atoms with E-state index in [9.17, 15) is 4.79 Å². The van der Waals surface area contributed by atoms with E-state index < -0.39 is 0 Å². The summed E-state index contributed by atoms with van der Waals surface area (Å²) in [5.41, 5.74) is 2.02. The van der Waals surface area contributed by atoms with E-state index in [0.29, 0.717) is 5.13 Å². The van der Waals surface area contributed by atoms with E-state index >= 15 is 0 Å². The van der Waals surface area contributed by atoms with E-state index in [0.717, 1.165) is 17.7 Å². The number of nitrogens with one attached hydrogen (secondary N) is 1. The molecule has 1 N–H and O–H groups in total. The summed E-state index contributed by atoms with van der Waals surface area (Å²) in [5.74, 6) is -0.231. The van der Waals surface area contributed by atoms with E-state index in [-0.39, 0.29) is 5.91 Å². The maximum Gasteiger partial charge on any atom is 0.249 e. The minimum absolute atomic E-state index is 0.231. The van der Waals surface area contributed by atoms with Gasteiger partial charge in [-0.2, -0.15) is 0 Å². The Balaban J connectivity index is 2.36. The Bertz CT molecular complexity index is 560. The van der Waals surface area contributed by atoms with E-state index in [1.165, 1.54) is 22.3 Å². The summed E-state index contributed by atoms with van der Waals surface area (Å²) in [5, 5.41) is 3.33. The van der Waals surface area contributed by atoms with Gasteiger partial charge in [0.25, 0.3) is 0 Å². The van der Waals surface area contributed by atoms with Crippen LogP contribution in [0, 0.1) is 0 Å². The van der Waals surface area contributed by atoms with Gasteiger partial charge in [0.15, 0.2) is 5.13 Å².